The van der Waals surface area contributed by atoms with Crippen molar-refractivity contribution in [3.8, 4) is 17.6 Å². The lowest BCUT2D eigenvalue weighted by atomic mass is 9.65. The van der Waals surface area contributed by atoms with E-state index in [9.17, 15) is 29.4 Å². The molecule has 0 radical (unpaired) electrons. The van der Waals surface area contributed by atoms with E-state index in [1.54, 1.807) is 50.2 Å². The molecule has 4 aromatic rings. The molecule has 0 aliphatic carbocycles. The molecule has 7 rings (SSSR count). The van der Waals surface area contributed by atoms with Gasteiger partial charge in [-0.05, 0) is 58.5 Å². The van der Waals surface area contributed by atoms with Gasteiger partial charge in [-0.15, -0.1) is 0 Å². The summed E-state index contributed by atoms with van der Waals surface area (Å²) in [5, 5.41) is 21.6. The third-order valence-electron chi connectivity index (χ3n) is 11.4. The third kappa shape index (κ3) is 7.14. The highest BCUT2D eigenvalue weighted by Gasteiger charge is 2.75. The number of nitrogens with one attached hydrogen (secondary N) is 1. The number of hydrogen-bond donors (Lipinski definition) is 4. The van der Waals surface area contributed by atoms with Gasteiger partial charge in [-0.3, -0.25) is 19.3 Å². The number of methoxy groups -OCH3 is 1. The number of primary amides is 1. The van der Waals surface area contributed by atoms with Crippen molar-refractivity contribution < 1.29 is 48.4 Å². The fourth-order valence-electron chi connectivity index (χ4n) is 8.97. The van der Waals surface area contributed by atoms with Crippen LogP contribution in [0.25, 0.3) is 0 Å². The molecule has 14 nitrogen and oxygen atoms in total. The predicted octanol–water partition coefficient (Wildman–Crippen LogP) is 3.85. The number of fused-ring (bicyclic) bond motifs is 3. The number of carbonyl (C=O) groups is 5. The van der Waals surface area contributed by atoms with Gasteiger partial charge in [0.25, 0.3) is 0 Å². The number of nitrogens with two attached hydrogens (primary N) is 1. The molecule has 0 aromatic heterocycles. The Morgan fingerprint density at radius 3 is 2.15 bits per heavy atom. The minimum Gasteiger partial charge on any atom is -0.491 e. The number of aliphatic hydroxyl groups is 2. The second-order valence-electron chi connectivity index (χ2n) is 15.2. The van der Waals surface area contributed by atoms with Gasteiger partial charge < -0.3 is 35.5 Å². The highest BCUT2D eigenvalue weighted by Crippen LogP contribution is 2.65. The van der Waals surface area contributed by atoms with Crippen LogP contribution in [0.3, 0.4) is 0 Å². The lowest BCUT2D eigenvalue weighted by Gasteiger charge is -2.46. The molecule has 4 aromatic carbocycles. The van der Waals surface area contributed by atoms with Crippen LogP contribution in [0.1, 0.15) is 66.3 Å². The molecule has 310 valence electrons. The number of hydrogen-bond acceptors (Lipinski definition) is 11. The van der Waals surface area contributed by atoms with E-state index >= 15 is 4.79 Å². The highest BCUT2D eigenvalue weighted by molar-refractivity contribution is 6.25. The van der Waals surface area contributed by atoms with Crippen LogP contribution in [0.5, 0.6) is 5.75 Å². The number of benzene rings is 4. The van der Waals surface area contributed by atoms with Crippen LogP contribution < -0.4 is 20.7 Å². The molecule has 1 spiro atoms. The number of ether oxygens (including phenoxy) is 3. The predicted molar refractivity (Wildman–Crippen MR) is 218 cm³/mol. The van der Waals surface area contributed by atoms with Crippen LogP contribution in [-0.4, -0.2) is 83.9 Å². The Morgan fingerprint density at radius 2 is 1.55 bits per heavy atom. The number of urea groups is 1. The first-order valence-corrected chi connectivity index (χ1v) is 19.7. The summed E-state index contributed by atoms with van der Waals surface area (Å²) < 4.78 is 17.0. The van der Waals surface area contributed by atoms with Crippen LogP contribution >= 0.6 is 0 Å². The van der Waals surface area contributed by atoms with Crippen LogP contribution in [0.4, 0.5) is 10.5 Å². The van der Waals surface area contributed by atoms with Gasteiger partial charge in [-0.1, -0.05) is 98.5 Å². The van der Waals surface area contributed by atoms with Crippen molar-refractivity contribution in [2.45, 2.75) is 56.0 Å². The smallest absolute Gasteiger partial charge is 0.329 e. The number of morpholine rings is 1. The summed E-state index contributed by atoms with van der Waals surface area (Å²) in [6.07, 6.45) is -0.785. The maximum absolute atomic E-state index is 16.0. The minimum absolute atomic E-state index is 0.0182. The number of rotatable bonds is 11. The maximum atomic E-state index is 16.0. The van der Waals surface area contributed by atoms with Crippen molar-refractivity contribution in [2.24, 2.45) is 17.6 Å². The summed E-state index contributed by atoms with van der Waals surface area (Å²) in [7, 11) is 1.19. The van der Waals surface area contributed by atoms with Gasteiger partial charge in [0.2, 0.25) is 11.8 Å². The molecule has 3 aliphatic heterocycles. The van der Waals surface area contributed by atoms with E-state index in [0.717, 1.165) is 4.90 Å². The Kier molecular flexibility index (Phi) is 12.0. The summed E-state index contributed by atoms with van der Waals surface area (Å²) in [6, 6.07) is 24.3. The van der Waals surface area contributed by atoms with E-state index < -0.39 is 77.3 Å². The summed E-state index contributed by atoms with van der Waals surface area (Å²) in [4.78, 5) is 75.5. The Hall–Kier alpha value is -6.53. The second kappa shape index (κ2) is 17.4. The molecule has 14 heteroatoms. The number of aliphatic hydroxyl groups excluding tert-OH is 2. The zero-order valence-electron chi connectivity index (χ0n) is 33.3. The lowest BCUT2D eigenvalue weighted by Crippen LogP contribution is -2.57. The normalized spacial score (nSPS) is 23.6. The molecule has 3 heterocycles. The molecule has 0 unspecified atom stereocenters. The average molecular weight is 815 g/mol. The van der Waals surface area contributed by atoms with E-state index in [-0.39, 0.29) is 37.5 Å². The number of imide groups is 1. The van der Waals surface area contributed by atoms with E-state index in [0.29, 0.717) is 28.0 Å². The van der Waals surface area contributed by atoms with E-state index in [2.05, 4.69) is 17.2 Å². The van der Waals surface area contributed by atoms with Gasteiger partial charge in [0.15, 0.2) is 0 Å². The van der Waals surface area contributed by atoms with Gasteiger partial charge >= 0.3 is 18.0 Å². The van der Waals surface area contributed by atoms with Crippen molar-refractivity contribution in [3.63, 3.8) is 0 Å². The van der Waals surface area contributed by atoms with E-state index in [1.165, 1.54) is 13.2 Å². The van der Waals surface area contributed by atoms with Gasteiger partial charge in [-0.2, -0.15) is 0 Å². The van der Waals surface area contributed by atoms with Gasteiger partial charge in [0.1, 0.15) is 36.0 Å². The summed E-state index contributed by atoms with van der Waals surface area (Å²) in [5.41, 5.74) is 6.83. The van der Waals surface area contributed by atoms with Crippen LogP contribution in [-0.2, 0) is 34.1 Å². The molecule has 4 amide bonds. The largest absolute Gasteiger partial charge is 0.491 e. The first-order chi connectivity index (χ1) is 29.0. The molecule has 0 saturated carbocycles. The fourth-order valence-corrected chi connectivity index (χ4v) is 8.97. The zero-order chi connectivity index (χ0) is 42.7. The number of amides is 4. The minimum atomic E-state index is -2.10. The summed E-state index contributed by atoms with van der Waals surface area (Å²) in [5.74, 6) is 0.833. The molecule has 2 saturated heterocycles. The molecule has 5 N–H and O–H groups in total. The topological polar surface area (TPSA) is 198 Å². The first kappa shape index (κ1) is 41.6. The Morgan fingerprint density at radius 1 is 0.883 bits per heavy atom. The number of esters is 2. The first-order valence-electron chi connectivity index (χ1n) is 19.7. The van der Waals surface area contributed by atoms with Crippen LogP contribution in [0.2, 0.25) is 0 Å². The van der Waals surface area contributed by atoms with Crippen molar-refractivity contribution in [1.29, 1.82) is 0 Å². The third-order valence-corrected chi connectivity index (χ3v) is 11.4. The molecular weight excluding hydrogens is 769 g/mol. The molecule has 0 bridgehead atoms. The van der Waals surface area contributed by atoms with Crippen molar-refractivity contribution in [2.75, 3.05) is 31.8 Å². The van der Waals surface area contributed by atoms with Gasteiger partial charge in [0.05, 0.1) is 44.0 Å². The molecule has 3 aliphatic rings. The fraction of sp³-hybridized carbons (Fsp3) is 0.326. The van der Waals surface area contributed by atoms with Crippen molar-refractivity contribution in [1.82, 2.24) is 10.2 Å². The number of anilines is 1. The second-order valence-corrected chi connectivity index (χ2v) is 15.2. The zero-order valence-corrected chi connectivity index (χ0v) is 33.3. The molecular formula is C46H46N4O10. The molecule has 7 atom stereocenters. The van der Waals surface area contributed by atoms with Crippen LogP contribution in [0, 0.1) is 23.7 Å². The average Bonchev–Trinajstić information content (AvgIpc) is 3.71. The monoisotopic (exact) mass is 814 g/mol. The SMILES string of the molecule is COC(=O)[C@@H](NC(=O)N1C(=O)[C@@]2(c3cc(C#CCCO)ccc31)[C@H](c1ccc(OCCO)cc1)N1[C@H](c3ccccc3)[C@H](c3ccccc3)OC(=O)[C@H]1[C@@H]2C(N)=O)C(C)C. The highest BCUT2D eigenvalue weighted by atomic mass is 16.6. The Labute approximate surface area is 347 Å². The number of nitrogens with zero attached hydrogens (tertiary/aromatic N) is 2. The summed E-state index contributed by atoms with van der Waals surface area (Å²) >= 11 is 0. The Balaban J connectivity index is 1.55. The maximum Gasteiger partial charge on any atom is 0.329 e. The van der Waals surface area contributed by atoms with Gasteiger partial charge in [-0.25, -0.2) is 14.5 Å². The van der Waals surface area contributed by atoms with Crippen LogP contribution in [0.15, 0.2) is 103 Å². The van der Waals surface area contributed by atoms with Crippen molar-refractivity contribution in [3.05, 3.63) is 131 Å². The number of cyclic esters (lactones) is 1. The van der Waals surface area contributed by atoms with E-state index in [1.807, 2.05) is 65.6 Å². The molecule has 60 heavy (non-hydrogen) atoms. The van der Waals surface area contributed by atoms with Gasteiger partial charge in [0, 0.05) is 12.0 Å². The molecule has 2 fully saturated rings. The van der Waals surface area contributed by atoms with E-state index in [4.69, 9.17) is 19.9 Å². The Bertz CT molecular complexity index is 2330. The quantitative estimate of drug-likeness (QED) is 0.127. The summed E-state index contributed by atoms with van der Waals surface area (Å²) in [6.45, 7) is 3.01. The number of carbonyl (C=O) groups excluding carboxylic acids is 5. The van der Waals surface area contributed by atoms with Crippen molar-refractivity contribution >= 4 is 35.5 Å². The standard InChI is InChI=1S/C46H46N4O10/c1-27(2)36(42(54)58-3)48-45(57)49-34-22-17-28(12-10-11-23-51)26-33(34)46(44(49)56)35(41(47)53)38-43(55)60-39(30-15-8-5-9-16-30)37(29-13-6-4-7-14-29)50(38)40(46)31-18-20-32(21-19-31)59-25-24-52/h4-9,13-22,26-27,35-40,51-52H,11,23-25H2,1-3H3,(H2,47,53)(H,48,57)/t35-,36+,37-,38-,39+,40+,46-/m1/s1. The lowest BCUT2D eigenvalue weighted by molar-refractivity contribution is -0.178.